The molecule has 1 saturated carbocycles. The summed E-state index contributed by atoms with van der Waals surface area (Å²) in [6.07, 6.45) is 0.841. The maximum Gasteiger partial charge on any atom is 0.228 e. The first-order valence-corrected chi connectivity index (χ1v) is 3.69. The minimum absolute atomic E-state index is 0.0668. The Morgan fingerprint density at radius 1 is 1.45 bits per heavy atom. The van der Waals surface area contributed by atoms with Crippen LogP contribution in [-0.2, 0) is 9.59 Å². The lowest BCUT2D eigenvalue weighted by Crippen LogP contribution is -2.47. The van der Waals surface area contributed by atoms with Crippen LogP contribution in [0.25, 0.3) is 0 Å². The molecular weight excluding hydrogens is 142 g/mol. The van der Waals surface area contributed by atoms with E-state index < -0.39 is 0 Å². The van der Waals surface area contributed by atoms with Gasteiger partial charge in [-0.1, -0.05) is 0 Å². The highest BCUT2D eigenvalue weighted by atomic mass is 16.2. The van der Waals surface area contributed by atoms with Crippen LogP contribution < -0.4 is 0 Å². The van der Waals surface area contributed by atoms with Crippen LogP contribution in [0, 0.1) is 5.41 Å². The van der Waals surface area contributed by atoms with E-state index in [0.717, 1.165) is 0 Å². The highest BCUT2D eigenvalue weighted by molar-refractivity contribution is 5.99. The van der Waals surface area contributed by atoms with Crippen molar-refractivity contribution < 1.29 is 9.59 Å². The van der Waals surface area contributed by atoms with Gasteiger partial charge in [-0.3, -0.25) is 9.59 Å². The maximum absolute atomic E-state index is 11.4. The van der Waals surface area contributed by atoms with Gasteiger partial charge in [-0.05, 0) is 6.92 Å². The lowest BCUT2D eigenvalue weighted by Gasteiger charge is -2.37. The van der Waals surface area contributed by atoms with Gasteiger partial charge in [0, 0.05) is 26.9 Å². The average Bonchev–Trinajstić information content (AvgIpc) is 1.83. The molecule has 11 heavy (non-hydrogen) atoms. The fourth-order valence-corrected chi connectivity index (χ4v) is 1.51. The van der Waals surface area contributed by atoms with Crippen LogP contribution >= 0.6 is 0 Å². The van der Waals surface area contributed by atoms with E-state index in [2.05, 4.69) is 0 Å². The van der Waals surface area contributed by atoms with E-state index in [-0.39, 0.29) is 17.1 Å². The molecular formula is C8H13NO2. The SMILES string of the molecule is CN(C)C(=O)C1(C)CC(=O)C1. The third-order valence-electron chi connectivity index (χ3n) is 2.10. The summed E-state index contributed by atoms with van der Waals surface area (Å²) in [4.78, 5) is 23.6. The van der Waals surface area contributed by atoms with Crippen molar-refractivity contribution in [1.82, 2.24) is 4.90 Å². The zero-order valence-corrected chi connectivity index (χ0v) is 7.18. The van der Waals surface area contributed by atoms with E-state index in [1.807, 2.05) is 6.92 Å². The molecule has 1 fully saturated rings. The van der Waals surface area contributed by atoms with Crippen molar-refractivity contribution in [3.05, 3.63) is 0 Å². The Labute approximate surface area is 66.4 Å². The summed E-state index contributed by atoms with van der Waals surface area (Å²) in [7, 11) is 3.44. The van der Waals surface area contributed by atoms with E-state index in [1.165, 1.54) is 0 Å². The van der Waals surface area contributed by atoms with Crippen LogP contribution in [0.5, 0.6) is 0 Å². The first-order valence-electron chi connectivity index (χ1n) is 3.69. The molecule has 0 aromatic heterocycles. The molecule has 1 amide bonds. The van der Waals surface area contributed by atoms with E-state index in [4.69, 9.17) is 0 Å². The molecule has 0 aromatic rings. The molecule has 0 unspecified atom stereocenters. The standard InChI is InChI=1S/C8H13NO2/c1-8(4-6(10)5-8)7(11)9(2)3/h4-5H2,1-3H3. The maximum atomic E-state index is 11.4. The second kappa shape index (κ2) is 2.32. The minimum Gasteiger partial charge on any atom is -0.348 e. The van der Waals surface area contributed by atoms with Crippen molar-refractivity contribution in [3.8, 4) is 0 Å². The van der Waals surface area contributed by atoms with Gasteiger partial charge in [-0.25, -0.2) is 0 Å². The Hall–Kier alpha value is -0.860. The van der Waals surface area contributed by atoms with Gasteiger partial charge < -0.3 is 4.90 Å². The Morgan fingerprint density at radius 3 is 2.18 bits per heavy atom. The van der Waals surface area contributed by atoms with Crippen LogP contribution in [0.4, 0.5) is 0 Å². The first-order chi connectivity index (χ1) is 4.96. The van der Waals surface area contributed by atoms with Gasteiger partial charge in [-0.15, -0.1) is 0 Å². The van der Waals surface area contributed by atoms with Crippen molar-refractivity contribution in [1.29, 1.82) is 0 Å². The van der Waals surface area contributed by atoms with E-state index in [1.54, 1.807) is 19.0 Å². The molecule has 0 aliphatic heterocycles. The van der Waals surface area contributed by atoms with Crippen LogP contribution in [0.15, 0.2) is 0 Å². The molecule has 0 atom stereocenters. The number of ketones is 1. The summed E-state index contributed by atoms with van der Waals surface area (Å²) in [5.74, 6) is 0.264. The van der Waals surface area contributed by atoms with Crippen molar-refractivity contribution in [3.63, 3.8) is 0 Å². The summed E-state index contributed by atoms with van der Waals surface area (Å²) in [6, 6.07) is 0. The van der Waals surface area contributed by atoms with Gasteiger partial charge >= 0.3 is 0 Å². The summed E-state index contributed by atoms with van der Waals surface area (Å²) >= 11 is 0. The molecule has 0 aromatic carbocycles. The Morgan fingerprint density at radius 2 is 1.91 bits per heavy atom. The topological polar surface area (TPSA) is 37.4 Å². The highest BCUT2D eigenvalue weighted by Gasteiger charge is 2.46. The number of carbonyl (C=O) groups is 2. The third kappa shape index (κ3) is 1.27. The molecule has 0 radical (unpaired) electrons. The van der Waals surface area contributed by atoms with Gasteiger partial charge in [0.15, 0.2) is 0 Å². The monoisotopic (exact) mass is 155 g/mol. The molecule has 1 aliphatic carbocycles. The van der Waals surface area contributed by atoms with Crippen molar-refractivity contribution in [2.75, 3.05) is 14.1 Å². The molecule has 0 spiro atoms. The van der Waals surface area contributed by atoms with Gasteiger partial charge in [0.25, 0.3) is 0 Å². The first kappa shape index (κ1) is 8.24. The normalized spacial score (nSPS) is 20.8. The number of amides is 1. The number of carbonyl (C=O) groups excluding carboxylic acids is 2. The number of rotatable bonds is 1. The fraction of sp³-hybridized carbons (Fsp3) is 0.750. The van der Waals surface area contributed by atoms with E-state index >= 15 is 0 Å². The van der Waals surface area contributed by atoms with Crippen molar-refractivity contribution in [2.24, 2.45) is 5.41 Å². The Bertz CT molecular complexity index is 200. The molecule has 0 saturated heterocycles. The van der Waals surface area contributed by atoms with Gasteiger partial charge in [0.05, 0.1) is 5.41 Å². The highest BCUT2D eigenvalue weighted by Crippen LogP contribution is 2.38. The molecule has 3 nitrogen and oxygen atoms in total. The molecule has 0 bridgehead atoms. The third-order valence-corrected chi connectivity index (χ3v) is 2.10. The van der Waals surface area contributed by atoms with Gasteiger partial charge in [0.1, 0.15) is 5.78 Å². The molecule has 3 heteroatoms. The number of hydrogen-bond donors (Lipinski definition) is 0. The lowest BCUT2D eigenvalue weighted by atomic mass is 9.68. The second-order valence-electron chi connectivity index (χ2n) is 3.65. The second-order valence-corrected chi connectivity index (χ2v) is 3.65. The molecule has 0 N–H and O–H groups in total. The number of nitrogens with zero attached hydrogens (tertiary/aromatic N) is 1. The van der Waals surface area contributed by atoms with Crippen LogP contribution in [0.3, 0.4) is 0 Å². The van der Waals surface area contributed by atoms with Crippen LogP contribution in [0.1, 0.15) is 19.8 Å². The number of hydrogen-bond acceptors (Lipinski definition) is 2. The quantitative estimate of drug-likeness (QED) is 0.551. The summed E-state index contributed by atoms with van der Waals surface area (Å²) in [5.41, 5.74) is -0.388. The summed E-state index contributed by atoms with van der Waals surface area (Å²) in [5, 5.41) is 0. The summed E-state index contributed by atoms with van der Waals surface area (Å²) in [6.45, 7) is 1.84. The minimum atomic E-state index is -0.388. The zero-order chi connectivity index (χ0) is 8.65. The average molecular weight is 155 g/mol. The summed E-state index contributed by atoms with van der Waals surface area (Å²) < 4.78 is 0. The van der Waals surface area contributed by atoms with Gasteiger partial charge in [-0.2, -0.15) is 0 Å². The molecule has 1 aliphatic rings. The van der Waals surface area contributed by atoms with Crippen molar-refractivity contribution in [2.45, 2.75) is 19.8 Å². The molecule has 1 rings (SSSR count). The number of Topliss-reactive ketones (excluding diaryl/α,β-unsaturated/α-hetero) is 1. The van der Waals surface area contributed by atoms with Gasteiger partial charge in [0.2, 0.25) is 5.91 Å². The molecule has 62 valence electrons. The molecule has 0 heterocycles. The predicted molar refractivity (Wildman–Crippen MR) is 41.0 cm³/mol. The smallest absolute Gasteiger partial charge is 0.228 e. The predicted octanol–water partition coefficient (Wildman–Crippen LogP) is 0.444. The van der Waals surface area contributed by atoms with E-state index in [9.17, 15) is 9.59 Å². The van der Waals surface area contributed by atoms with Crippen LogP contribution in [-0.4, -0.2) is 30.7 Å². The van der Waals surface area contributed by atoms with Crippen molar-refractivity contribution >= 4 is 11.7 Å². The largest absolute Gasteiger partial charge is 0.348 e. The van der Waals surface area contributed by atoms with E-state index in [0.29, 0.717) is 12.8 Å². The van der Waals surface area contributed by atoms with Crippen LogP contribution in [0.2, 0.25) is 0 Å². The zero-order valence-electron chi connectivity index (χ0n) is 7.18. The fourth-order valence-electron chi connectivity index (χ4n) is 1.51. The lowest BCUT2D eigenvalue weighted by molar-refractivity contribution is -0.151. The Kier molecular flexibility index (Phi) is 1.74. The Balaban J connectivity index is 2.61.